The van der Waals surface area contributed by atoms with Crippen LogP contribution >= 0.6 is 0 Å². The van der Waals surface area contributed by atoms with Crippen molar-refractivity contribution in [3.05, 3.63) is 29.8 Å². The van der Waals surface area contributed by atoms with E-state index in [0.717, 1.165) is 4.31 Å². The monoisotopic (exact) mass is 314 g/mol. The van der Waals surface area contributed by atoms with Crippen LogP contribution in [0.1, 0.15) is 23.7 Å². The summed E-state index contributed by atoms with van der Waals surface area (Å²) in [5, 5.41) is 11.2. The van der Waals surface area contributed by atoms with Gasteiger partial charge in [-0.2, -0.15) is 4.31 Å². The lowest BCUT2D eigenvalue weighted by Gasteiger charge is -2.20. The molecule has 0 bridgehead atoms. The van der Waals surface area contributed by atoms with Crippen molar-refractivity contribution in [2.24, 2.45) is 0 Å². The van der Waals surface area contributed by atoms with Crippen molar-refractivity contribution < 1.29 is 23.1 Å². The molecule has 7 nitrogen and oxygen atoms in total. The van der Waals surface area contributed by atoms with Gasteiger partial charge in [-0.25, -0.2) is 13.2 Å². The second-order valence-electron chi connectivity index (χ2n) is 4.34. The fourth-order valence-corrected chi connectivity index (χ4v) is 3.18. The predicted octanol–water partition coefficient (Wildman–Crippen LogP) is 0.532. The SMILES string of the molecule is CCCN(CC(=O)NC)S(=O)(=O)c1ccc(C(=O)O)cc1. The average Bonchev–Trinajstić information content (AvgIpc) is 2.46. The highest BCUT2D eigenvalue weighted by molar-refractivity contribution is 7.89. The molecular weight excluding hydrogens is 296 g/mol. The summed E-state index contributed by atoms with van der Waals surface area (Å²) in [7, 11) is -2.40. The molecule has 0 radical (unpaired) electrons. The van der Waals surface area contributed by atoms with Crippen molar-refractivity contribution in [1.29, 1.82) is 0 Å². The van der Waals surface area contributed by atoms with E-state index in [1.165, 1.54) is 31.3 Å². The van der Waals surface area contributed by atoms with Crippen molar-refractivity contribution in [3.8, 4) is 0 Å². The second kappa shape index (κ2) is 7.19. The summed E-state index contributed by atoms with van der Waals surface area (Å²) >= 11 is 0. The second-order valence-corrected chi connectivity index (χ2v) is 6.28. The maximum atomic E-state index is 12.5. The zero-order valence-corrected chi connectivity index (χ0v) is 12.7. The van der Waals surface area contributed by atoms with Gasteiger partial charge in [-0.15, -0.1) is 0 Å². The lowest BCUT2D eigenvalue weighted by Crippen LogP contribution is -2.40. The topological polar surface area (TPSA) is 104 Å². The Kier molecular flexibility index (Phi) is 5.86. The normalized spacial score (nSPS) is 11.4. The van der Waals surface area contributed by atoms with Crippen molar-refractivity contribution >= 4 is 21.9 Å². The number of hydrogen-bond donors (Lipinski definition) is 2. The Morgan fingerprint density at radius 1 is 1.24 bits per heavy atom. The van der Waals surface area contributed by atoms with Gasteiger partial charge in [0.2, 0.25) is 15.9 Å². The number of carboxylic acids is 1. The Morgan fingerprint density at radius 3 is 2.24 bits per heavy atom. The minimum atomic E-state index is -3.83. The number of carbonyl (C=O) groups excluding carboxylic acids is 1. The van der Waals surface area contributed by atoms with E-state index in [2.05, 4.69) is 5.32 Å². The summed E-state index contributed by atoms with van der Waals surface area (Å²) in [4.78, 5) is 22.2. The molecule has 116 valence electrons. The minimum Gasteiger partial charge on any atom is -0.478 e. The molecule has 0 aliphatic carbocycles. The van der Waals surface area contributed by atoms with Crippen molar-refractivity contribution in [2.45, 2.75) is 18.2 Å². The zero-order chi connectivity index (χ0) is 16.0. The molecule has 1 aromatic carbocycles. The summed E-state index contributed by atoms with van der Waals surface area (Å²) in [6.45, 7) is 1.74. The third-order valence-corrected chi connectivity index (χ3v) is 4.67. The lowest BCUT2D eigenvalue weighted by molar-refractivity contribution is -0.120. The molecular formula is C13H18N2O5S. The van der Waals surface area contributed by atoms with E-state index >= 15 is 0 Å². The fourth-order valence-electron chi connectivity index (χ4n) is 1.69. The summed E-state index contributed by atoms with van der Waals surface area (Å²) < 4.78 is 26.0. The Balaban J connectivity index is 3.09. The van der Waals surface area contributed by atoms with Gasteiger partial charge < -0.3 is 10.4 Å². The van der Waals surface area contributed by atoms with Gasteiger partial charge in [-0.3, -0.25) is 4.79 Å². The Bertz CT molecular complexity index is 610. The maximum absolute atomic E-state index is 12.5. The fraction of sp³-hybridized carbons (Fsp3) is 0.385. The van der Waals surface area contributed by atoms with Gasteiger partial charge in [0.1, 0.15) is 0 Å². The largest absolute Gasteiger partial charge is 0.478 e. The van der Waals surface area contributed by atoms with Crippen LogP contribution in [0.2, 0.25) is 0 Å². The van der Waals surface area contributed by atoms with Gasteiger partial charge >= 0.3 is 5.97 Å². The highest BCUT2D eigenvalue weighted by atomic mass is 32.2. The standard InChI is InChI=1S/C13H18N2O5S/c1-3-8-15(9-12(16)14-2)21(19,20)11-6-4-10(5-7-11)13(17)18/h4-7H,3,8-9H2,1-2H3,(H,14,16)(H,17,18). The molecule has 21 heavy (non-hydrogen) atoms. The van der Waals surface area contributed by atoms with E-state index < -0.39 is 21.9 Å². The number of benzene rings is 1. The number of likely N-dealkylation sites (N-methyl/N-ethyl adjacent to an activating group) is 1. The summed E-state index contributed by atoms with van der Waals surface area (Å²) in [5.74, 6) is -1.54. The first-order chi connectivity index (χ1) is 9.82. The summed E-state index contributed by atoms with van der Waals surface area (Å²) in [6, 6.07) is 4.90. The van der Waals surface area contributed by atoms with Gasteiger partial charge in [-0.1, -0.05) is 6.92 Å². The number of carboxylic acid groups (broad SMARTS) is 1. The molecule has 1 rings (SSSR count). The number of amides is 1. The molecule has 1 aromatic rings. The molecule has 0 heterocycles. The molecule has 0 aliphatic heterocycles. The van der Waals surface area contributed by atoms with Crippen LogP contribution in [0.4, 0.5) is 0 Å². The lowest BCUT2D eigenvalue weighted by atomic mass is 10.2. The Labute approximate surface area is 123 Å². The molecule has 0 saturated carbocycles. The number of sulfonamides is 1. The summed E-state index contributed by atoms with van der Waals surface area (Å²) in [5.41, 5.74) is 0.00212. The van der Waals surface area contributed by atoms with Crippen LogP contribution in [0.3, 0.4) is 0 Å². The van der Waals surface area contributed by atoms with Crippen LogP contribution in [0, 0.1) is 0 Å². The van der Waals surface area contributed by atoms with Crippen LogP contribution in [0.25, 0.3) is 0 Å². The number of rotatable bonds is 7. The van der Waals surface area contributed by atoms with Gasteiger partial charge in [0, 0.05) is 13.6 Å². The molecule has 0 atom stereocenters. The van der Waals surface area contributed by atoms with Gasteiger partial charge in [0.15, 0.2) is 0 Å². The highest BCUT2D eigenvalue weighted by Crippen LogP contribution is 2.16. The molecule has 8 heteroatoms. The molecule has 0 fully saturated rings. The van der Waals surface area contributed by atoms with E-state index in [9.17, 15) is 18.0 Å². The molecule has 0 aliphatic rings. The van der Waals surface area contributed by atoms with Crippen LogP contribution in [0.15, 0.2) is 29.2 Å². The predicted molar refractivity (Wildman–Crippen MR) is 76.5 cm³/mol. The van der Waals surface area contributed by atoms with Crippen molar-refractivity contribution in [2.75, 3.05) is 20.1 Å². The smallest absolute Gasteiger partial charge is 0.335 e. The number of nitrogens with zero attached hydrogens (tertiary/aromatic N) is 1. The summed E-state index contributed by atoms with van der Waals surface area (Å²) in [6.07, 6.45) is 0.559. The first kappa shape index (κ1) is 17.1. The minimum absolute atomic E-state index is 0.00212. The van der Waals surface area contributed by atoms with Crippen LogP contribution < -0.4 is 5.32 Å². The molecule has 0 saturated heterocycles. The maximum Gasteiger partial charge on any atom is 0.335 e. The van der Waals surface area contributed by atoms with Gasteiger partial charge in [0.25, 0.3) is 0 Å². The first-order valence-corrected chi connectivity index (χ1v) is 7.81. The quantitative estimate of drug-likeness (QED) is 0.764. The third kappa shape index (κ3) is 4.27. The number of nitrogens with one attached hydrogen (secondary N) is 1. The molecule has 0 aromatic heterocycles. The Morgan fingerprint density at radius 2 is 1.81 bits per heavy atom. The van der Waals surface area contributed by atoms with Crippen molar-refractivity contribution in [1.82, 2.24) is 9.62 Å². The van der Waals surface area contributed by atoms with E-state index in [0.29, 0.717) is 6.42 Å². The third-order valence-electron chi connectivity index (χ3n) is 2.81. The van der Waals surface area contributed by atoms with Crippen LogP contribution in [0.5, 0.6) is 0 Å². The average molecular weight is 314 g/mol. The van der Waals surface area contributed by atoms with E-state index in [-0.39, 0.29) is 23.5 Å². The van der Waals surface area contributed by atoms with E-state index in [1.54, 1.807) is 6.92 Å². The first-order valence-electron chi connectivity index (χ1n) is 6.37. The van der Waals surface area contributed by atoms with Gasteiger partial charge in [-0.05, 0) is 30.7 Å². The highest BCUT2D eigenvalue weighted by Gasteiger charge is 2.25. The zero-order valence-electron chi connectivity index (χ0n) is 11.9. The number of aromatic carboxylic acids is 1. The van der Waals surface area contributed by atoms with Crippen LogP contribution in [-0.2, 0) is 14.8 Å². The van der Waals surface area contributed by atoms with Gasteiger partial charge in [0.05, 0.1) is 17.0 Å². The Hall–Kier alpha value is -1.93. The number of hydrogen-bond acceptors (Lipinski definition) is 4. The molecule has 0 unspecified atom stereocenters. The van der Waals surface area contributed by atoms with Crippen LogP contribution in [-0.4, -0.2) is 49.8 Å². The molecule has 2 N–H and O–H groups in total. The van der Waals surface area contributed by atoms with E-state index in [4.69, 9.17) is 5.11 Å². The number of carbonyl (C=O) groups is 2. The molecule has 1 amide bonds. The van der Waals surface area contributed by atoms with E-state index in [1.807, 2.05) is 0 Å². The van der Waals surface area contributed by atoms with Crippen molar-refractivity contribution in [3.63, 3.8) is 0 Å². The molecule has 0 spiro atoms.